The van der Waals surface area contributed by atoms with E-state index in [0.717, 1.165) is 17.9 Å². The molecule has 1 aromatic carbocycles. The first-order valence-electron chi connectivity index (χ1n) is 6.31. The summed E-state index contributed by atoms with van der Waals surface area (Å²) in [6.07, 6.45) is 0. The van der Waals surface area contributed by atoms with E-state index in [1.807, 2.05) is 19.1 Å². The highest BCUT2D eigenvalue weighted by molar-refractivity contribution is 7.84. The summed E-state index contributed by atoms with van der Waals surface area (Å²) in [5.41, 5.74) is 2.23. The number of nitrogens with one attached hydrogen (secondary N) is 1. The zero-order chi connectivity index (χ0) is 13.5. The van der Waals surface area contributed by atoms with Crippen LogP contribution in [0.25, 0.3) is 0 Å². The molecule has 0 heterocycles. The van der Waals surface area contributed by atoms with Crippen molar-refractivity contribution in [2.24, 2.45) is 0 Å². The summed E-state index contributed by atoms with van der Waals surface area (Å²) in [7, 11) is 0.841. The van der Waals surface area contributed by atoms with Gasteiger partial charge in [0.05, 0.1) is 12.9 Å². The monoisotopic (exact) mass is 269 g/mol. The summed E-state index contributed by atoms with van der Waals surface area (Å²) in [6.45, 7) is 7.01. The van der Waals surface area contributed by atoms with Crippen molar-refractivity contribution in [2.45, 2.75) is 39.1 Å². The van der Waals surface area contributed by atoms with Crippen LogP contribution in [0.4, 0.5) is 0 Å². The van der Waals surface area contributed by atoms with Crippen LogP contribution >= 0.6 is 0 Å². The average molecular weight is 269 g/mol. The first-order chi connectivity index (χ1) is 8.56. The van der Waals surface area contributed by atoms with Crippen LogP contribution in [0.1, 0.15) is 31.9 Å². The number of ether oxygens (including phenoxy) is 1. The molecule has 0 radical (unpaired) electrons. The minimum absolute atomic E-state index is 0.459. The largest absolute Gasteiger partial charge is 0.496 e. The summed E-state index contributed by atoms with van der Waals surface area (Å²) in [5, 5.41) is 3.38. The molecule has 102 valence electrons. The van der Waals surface area contributed by atoms with Crippen LogP contribution in [-0.2, 0) is 23.1 Å². The molecule has 0 aliphatic carbocycles. The molecule has 0 fully saturated rings. The summed E-state index contributed by atoms with van der Waals surface area (Å²) in [5.74, 6) is 2.07. The van der Waals surface area contributed by atoms with Gasteiger partial charge in [-0.3, -0.25) is 4.21 Å². The van der Waals surface area contributed by atoms with E-state index in [0.29, 0.717) is 17.5 Å². The third-order valence-corrected chi connectivity index (χ3v) is 3.97. The SMILES string of the molecule is CCS(=O)Cc1cc(CNC(C)C)ccc1OC. The first kappa shape index (κ1) is 15.2. The van der Waals surface area contributed by atoms with E-state index >= 15 is 0 Å². The summed E-state index contributed by atoms with van der Waals surface area (Å²) in [4.78, 5) is 0. The van der Waals surface area contributed by atoms with Crippen molar-refractivity contribution in [2.75, 3.05) is 12.9 Å². The second-order valence-electron chi connectivity index (χ2n) is 4.55. The molecule has 0 aliphatic rings. The summed E-state index contributed by atoms with van der Waals surface area (Å²) < 4.78 is 17.0. The second-order valence-corrected chi connectivity index (χ2v) is 6.30. The fourth-order valence-corrected chi connectivity index (χ4v) is 2.43. The van der Waals surface area contributed by atoms with Crippen LogP contribution in [-0.4, -0.2) is 23.1 Å². The van der Waals surface area contributed by atoms with Gasteiger partial charge in [0, 0.05) is 34.7 Å². The van der Waals surface area contributed by atoms with Crippen LogP contribution in [0.3, 0.4) is 0 Å². The van der Waals surface area contributed by atoms with Crippen molar-refractivity contribution >= 4 is 10.8 Å². The second kappa shape index (κ2) is 7.54. The Morgan fingerprint density at radius 2 is 2.11 bits per heavy atom. The molecule has 1 atom stereocenters. The highest BCUT2D eigenvalue weighted by Crippen LogP contribution is 2.21. The molecule has 0 spiro atoms. The minimum Gasteiger partial charge on any atom is -0.496 e. The molecule has 3 nitrogen and oxygen atoms in total. The molecule has 0 bridgehead atoms. The van der Waals surface area contributed by atoms with Crippen molar-refractivity contribution < 1.29 is 8.95 Å². The lowest BCUT2D eigenvalue weighted by Gasteiger charge is -2.12. The van der Waals surface area contributed by atoms with Crippen LogP contribution in [0, 0.1) is 0 Å². The van der Waals surface area contributed by atoms with Crippen molar-refractivity contribution in [1.82, 2.24) is 5.32 Å². The standard InChI is InChI=1S/C14H23NO2S/c1-5-18(16)10-13-8-12(9-15-11(2)3)6-7-14(13)17-4/h6-8,11,15H,5,9-10H2,1-4H3. The Morgan fingerprint density at radius 1 is 1.39 bits per heavy atom. The maximum atomic E-state index is 11.7. The van der Waals surface area contributed by atoms with Gasteiger partial charge in [0.15, 0.2) is 0 Å². The molecule has 0 saturated heterocycles. The number of hydrogen-bond donors (Lipinski definition) is 1. The maximum absolute atomic E-state index is 11.7. The normalized spacial score (nSPS) is 12.7. The van der Waals surface area contributed by atoms with E-state index in [1.165, 1.54) is 5.56 Å². The van der Waals surface area contributed by atoms with Gasteiger partial charge in [-0.15, -0.1) is 0 Å². The quantitative estimate of drug-likeness (QED) is 0.826. The van der Waals surface area contributed by atoms with Crippen molar-refractivity contribution in [3.63, 3.8) is 0 Å². The highest BCUT2D eigenvalue weighted by Gasteiger charge is 2.08. The van der Waals surface area contributed by atoms with Gasteiger partial charge in [0.25, 0.3) is 0 Å². The number of hydrogen-bond acceptors (Lipinski definition) is 3. The molecule has 0 saturated carbocycles. The van der Waals surface area contributed by atoms with E-state index in [9.17, 15) is 4.21 Å². The third-order valence-electron chi connectivity index (χ3n) is 2.70. The van der Waals surface area contributed by atoms with Crippen LogP contribution in [0.2, 0.25) is 0 Å². The van der Waals surface area contributed by atoms with Crippen molar-refractivity contribution in [1.29, 1.82) is 0 Å². The zero-order valence-electron chi connectivity index (χ0n) is 11.7. The molecule has 1 aromatic rings. The van der Waals surface area contributed by atoms with Gasteiger partial charge < -0.3 is 10.1 Å². The first-order valence-corrected chi connectivity index (χ1v) is 7.79. The molecule has 18 heavy (non-hydrogen) atoms. The van der Waals surface area contributed by atoms with Gasteiger partial charge >= 0.3 is 0 Å². The van der Waals surface area contributed by atoms with E-state index in [2.05, 4.69) is 25.2 Å². The molecule has 0 aliphatic heterocycles. The van der Waals surface area contributed by atoms with Gasteiger partial charge in [-0.25, -0.2) is 0 Å². The number of benzene rings is 1. The predicted octanol–water partition coefficient (Wildman–Crippen LogP) is 2.46. The van der Waals surface area contributed by atoms with Gasteiger partial charge in [0.2, 0.25) is 0 Å². The Labute approximate surface area is 112 Å². The van der Waals surface area contributed by atoms with Gasteiger partial charge in [-0.05, 0) is 17.7 Å². The Hall–Kier alpha value is -0.870. The fourth-order valence-electron chi connectivity index (χ4n) is 1.65. The molecule has 1 N–H and O–H groups in total. The van der Waals surface area contributed by atoms with E-state index in [4.69, 9.17) is 4.74 Å². The number of methoxy groups -OCH3 is 1. The Kier molecular flexibility index (Phi) is 6.36. The van der Waals surface area contributed by atoms with Gasteiger partial charge in [-0.1, -0.05) is 26.8 Å². The van der Waals surface area contributed by atoms with Crippen molar-refractivity contribution in [3.8, 4) is 5.75 Å². The van der Waals surface area contributed by atoms with E-state index in [-0.39, 0.29) is 0 Å². The Morgan fingerprint density at radius 3 is 2.67 bits per heavy atom. The topological polar surface area (TPSA) is 38.3 Å². The van der Waals surface area contributed by atoms with Gasteiger partial charge in [0.1, 0.15) is 5.75 Å². The number of rotatable bonds is 7. The molecule has 0 aromatic heterocycles. The lowest BCUT2D eigenvalue weighted by atomic mass is 10.1. The molecule has 1 rings (SSSR count). The highest BCUT2D eigenvalue weighted by atomic mass is 32.2. The summed E-state index contributed by atoms with van der Waals surface area (Å²) in [6, 6.07) is 6.55. The zero-order valence-corrected chi connectivity index (χ0v) is 12.5. The predicted molar refractivity (Wildman–Crippen MR) is 77.4 cm³/mol. The van der Waals surface area contributed by atoms with Gasteiger partial charge in [-0.2, -0.15) is 0 Å². The summed E-state index contributed by atoms with van der Waals surface area (Å²) >= 11 is 0. The molecular formula is C14H23NO2S. The third kappa shape index (κ3) is 4.78. The lowest BCUT2D eigenvalue weighted by molar-refractivity contribution is 0.411. The molecule has 0 amide bonds. The van der Waals surface area contributed by atoms with E-state index < -0.39 is 10.8 Å². The maximum Gasteiger partial charge on any atom is 0.123 e. The Bertz CT molecular complexity index is 405. The molecular weight excluding hydrogens is 246 g/mol. The Balaban J connectivity index is 2.84. The van der Waals surface area contributed by atoms with E-state index in [1.54, 1.807) is 7.11 Å². The fraction of sp³-hybridized carbons (Fsp3) is 0.571. The minimum atomic E-state index is -0.811. The molecule has 1 unspecified atom stereocenters. The smallest absolute Gasteiger partial charge is 0.123 e. The lowest BCUT2D eigenvalue weighted by Crippen LogP contribution is -2.21. The average Bonchev–Trinajstić information content (AvgIpc) is 2.36. The van der Waals surface area contributed by atoms with Crippen LogP contribution < -0.4 is 10.1 Å². The molecule has 4 heteroatoms. The van der Waals surface area contributed by atoms with Crippen LogP contribution in [0.5, 0.6) is 5.75 Å². The van der Waals surface area contributed by atoms with Crippen LogP contribution in [0.15, 0.2) is 18.2 Å². The van der Waals surface area contributed by atoms with Crippen molar-refractivity contribution in [3.05, 3.63) is 29.3 Å².